The fourth-order valence-corrected chi connectivity index (χ4v) is 3.82. The molecule has 0 saturated heterocycles. The number of amides is 1. The smallest absolute Gasteiger partial charge is 0.255 e. The number of rotatable bonds is 7. The minimum absolute atomic E-state index is 0.228. The van der Waals surface area contributed by atoms with Crippen molar-refractivity contribution in [3.05, 3.63) is 108 Å². The van der Waals surface area contributed by atoms with Crippen molar-refractivity contribution in [1.82, 2.24) is 15.0 Å². The third-order valence-electron chi connectivity index (χ3n) is 5.89. The summed E-state index contributed by atoms with van der Waals surface area (Å²) in [5.74, 6) is 1.86. The highest BCUT2D eigenvalue weighted by atomic mass is 16.5. The number of carbonyl (C=O) groups excluding carboxylic acids is 1. The van der Waals surface area contributed by atoms with Crippen LogP contribution in [0.5, 0.6) is 11.5 Å². The minimum atomic E-state index is -0.228. The van der Waals surface area contributed by atoms with Crippen molar-refractivity contribution in [1.29, 1.82) is 0 Å². The Morgan fingerprint density at radius 1 is 0.892 bits per heavy atom. The van der Waals surface area contributed by atoms with Gasteiger partial charge < -0.3 is 15.4 Å². The summed E-state index contributed by atoms with van der Waals surface area (Å²) in [6.45, 7) is 6.19. The second kappa shape index (κ2) is 10.5. The standard InChI is InChI=1S/C30H27N5O2/c1-19(2)25-15-14-24-28(34-25)31-18-32-29(24)35-26-17-21(30(36)33-22-12-9-20(3)10-13-22)11-16-27(26)37-23-7-5-4-6-8-23/h4-19H,1-3H3,(H,33,36)(H,31,32,34,35). The molecule has 1 amide bonds. The minimum Gasteiger partial charge on any atom is -0.455 e. The van der Waals surface area contributed by atoms with E-state index in [4.69, 9.17) is 4.74 Å². The van der Waals surface area contributed by atoms with Crippen LogP contribution in [0.1, 0.15) is 41.4 Å². The monoisotopic (exact) mass is 489 g/mol. The van der Waals surface area contributed by atoms with Crippen LogP contribution in [0.3, 0.4) is 0 Å². The summed E-state index contributed by atoms with van der Waals surface area (Å²) in [5, 5.41) is 7.07. The fourth-order valence-electron chi connectivity index (χ4n) is 3.82. The summed E-state index contributed by atoms with van der Waals surface area (Å²) in [6.07, 6.45) is 1.48. The molecule has 3 aromatic carbocycles. The van der Waals surface area contributed by atoms with Crippen molar-refractivity contribution >= 4 is 34.1 Å². The normalized spacial score (nSPS) is 10.9. The third kappa shape index (κ3) is 5.56. The average Bonchev–Trinajstić information content (AvgIpc) is 2.91. The summed E-state index contributed by atoms with van der Waals surface area (Å²) in [4.78, 5) is 26.6. The average molecular weight is 490 g/mol. The number of para-hydroxylation sites is 1. The molecule has 2 aromatic heterocycles. The van der Waals surface area contributed by atoms with E-state index in [0.29, 0.717) is 34.2 Å². The number of hydrogen-bond donors (Lipinski definition) is 2. The lowest BCUT2D eigenvalue weighted by Crippen LogP contribution is -2.12. The third-order valence-corrected chi connectivity index (χ3v) is 5.89. The van der Waals surface area contributed by atoms with Gasteiger partial charge in [-0.3, -0.25) is 4.79 Å². The van der Waals surface area contributed by atoms with Gasteiger partial charge in [0, 0.05) is 16.9 Å². The van der Waals surface area contributed by atoms with E-state index in [-0.39, 0.29) is 11.8 Å². The van der Waals surface area contributed by atoms with Crippen molar-refractivity contribution < 1.29 is 9.53 Å². The van der Waals surface area contributed by atoms with Crippen LogP contribution in [0.15, 0.2) is 91.3 Å². The summed E-state index contributed by atoms with van der Waals surface area (Å²) in [6, 6.07) is 26.4. The number of pyridine rings is 1. The lowest BCUT2D eigenvalue weighted by molar-refractivity contribution is 0.102. The highest BCUT2D eigenvalue weighted by Crippen LogP contribution is 2.34. The first-order valence-electron chi connectivity index (χ1n) is 12.1. The second-order valence-electron chi connectivity index (χ2n) is 9.06. The van der Waals surface area contributed by atoms with Gasteiger partial charge in [-0.05, 0) is 67.4 Å². The van der Waals surface area contributed by atoms with Crippen LogP contribution < -0.4 is 15.4 Å². The van der Waals surface area contributed by atoms with E-state index in [1.807, 2.05) is 73.7 Å². The molecule has 5 rings (SSSR count). The second-order valence-corrected chi connectivity index (χ2v) is 9.06. The first-order valence-corrected chi connectivity index (χ1v) is 12.1. The number of nitrogens with one attached hydrogen (secondary N) is 2. The molecule has 7 nitrogen and oxygen atoms in total. The molecule has 0 aliphatic rings. The first-order chi connectivity index (χ1) is 18.0. The predicted octanol–water partition coefficient (Wildman–Crippen LogP) is 7.24. The number of benzene rings is 3. The van der Waals surface area contributed by atoms with E-state index in [1.165, 1.54) is 6.33 Å². The van der Waals surface area contributed by atoms with Gasteiger partial charge >= 0.3 is 0 Å². The van der Waals surface area contributed by atoms with Gasteiger partial charge in [0.15, 0.2) is 11.4 Å². The lowest BCUT2D eigenvalue weighted by Gasteiger charge is -2.15. The molecule has 0 radical (unpaired) electrons. The quantitative estimate of drug-likeness (QED) is 0.250. The van der Waals surface area contributed by atoms with Crippen molar-refractivity contribution in [3.63, 3.8) is 0 Å². The maximum atomic E-state index is 13.1. The van der Waals surface area contributed by atoms with Crippen molar-refractivity contribution in [2.45, 2.75) is 26.7 Å². The van der Waals surface area contributed by atoms with Crippen LogP contribution in [-0.4, -0.2) is 20.9 Å². The fraction of sp³-hybridized carbons (Fsp3) is 0.133. The van der Waals surface area contributed by atoms with Gasteiger partial charge in [-0.1, -0.05) is 49.7 Å². The molecule has 184 valence electrons. The van der Waals surface area contributed by atoms with Gasteiger partial charge in [0.2, 0.25) is 0 Å². The molecule has 0 spiro atoms. The molecular weight excluding hydrogens is 462 g/mol. The lowest BCUT2D eigenvalue weighted by atomic mass is 10.1. The zero-order valence-electron chi connectivity index (χ0n) is 20.9. The van der Waals surface area contributed by atoms with E-state index < -0.39 is 0 Å². The van der Waals surface area contributed by atoms with E-state index >= 15 is 0 Å². The molecule has 2 heterocycles. The van der Waals surface area contributed by atoms with Crippen LogP contribution in [0.4, 0.5) is 17.2 Å². The number of nitrogens with zero attached hydrogens (tertiary/aromatic N) is 3. The molecular formula is C30H27N5O2. The summed E-state index contributed by atoms with van der Waals surface area (Å²) in [7, 11) is 0. The highest BCUT2D eigenvalue weighted by Gasteiger charge is 2.15. The zero-order chi connectivity index (χ0) is 25.8. The van der Waals surface area contributed by atoms with Gasteiger partial charge in [0.1, 0.15) is 17.9 Å². The molecule has 5 aromatic rings. The predicted molar refractivity (Wildman–Crippen MR) is 147 cm³/mol. The number of aromatic nitrogens is 3. The molecule has 0 aliphatic carbocycles. The molecule has 37 heavy (non-hydrogen) atoms. The van der Waals surface area contributed by atoms with Crippen LogP contribution in [0.25, 0.3) is 11.0 Å². The maximum absolute atomic E-state index is 13.1. The number of anilines is 3. The van der Waals surface area contributed by atoms with Gasteiger partial charge in [-0.15, -0.1) is 0 Å². The van der Waals surface area contributed by atoms with E-state index in [9.17, 15) is 4.79 Å². The SMILES string of the molecule is Cc1ccc(NC(=O)c2ccc(Oc3ccccc3)c(Nc3ncnc4nc(C(C)C)ccc34)c2)cc1. The van der Waals surface area contributed by atoms with Crippen LogP contribution in [0.2, 0.25) is 0 Å². The topological polar surface area (TPSA) is 89.0 Å². The van der Waals surface area contributed by atoms with Crippen LogP contribution in [-0.2, 0) is 0 Å². The molecule has 0 unspecified atom stereocenters. The van der Waals surface area contributed by atoms with E-state index in [1.54, 1.807) is 18.2 Å². The number of carbonyl (C=O) groups is 1. The molecule has 0 atom stereocenters. The van der Waals surface area contributed by atoms with Crippen LogP contribution >= 0.6 is 0 Å². The van der Waals surface area contributed by atoms with Crippen molar-refractivity contribution in [3.8, 4) is 11.5 Å². The van der Waals surface area contributed by atoms with E-state index in [2.05, 4.69) is 39.4 Å². The first kappa shape index (κ1) is 23.9. The van der Waals surface area contributed by atoms with Crippen molar-refractivity contribution in [2.75, 3.05) is 10.6 Å². The number of aryl methyl sites for hydroxylation is 1. The van der Waals surface area contributed by atoms with Crippen molar-refractivity contribution in [2.24, 2.45) is 0 Å². The number of hydrogen-bond acceptors (Lipinski definition) is 6. The van der Waals surface area contributed by atoms with E-state index in [0.717, 1.165) is 22.3 Å². The Hall–Kier alpha value is -4.78. The summed E-state index contributed by atoms with van der Waals surface area (Å²) < 4.78 is 6.16. The maximum Gasteiger partial charge on any atom is 0.255 e. The molecule has 0 aliphatic heterocycles. The summed E-state index contributed by atoms with van der Waals surface area (Å²) >= 11 is 0. The molecule has 0 fully saturated rings. The Morgan fingerprint density at radius 2 is 1.68 bits per heavy atom. The molecule has 2 N–H and O–H groups in total. The Kier molecular flexibility index (Phi) is 6.76. The van der Waals surface area contributed by atoms with Gasteiger partial charge in [0.25, 0.3) is 5.91 Å². The zero-order valence-corrected chi connectivity index (χ0v) is 20.9. The van der Waals surface area contributed by atoms with Gasteiger partial charge in [-0.2, -0.15) is 0 Å². The highest BCUT2D eigenvalue weighted by molar-refractivity contribution is 6.05. The Labute approximate surface area is 215 Å². The Balaban J connectivity index is 1.51. The number of fused-ring (bicyclic) bond motifs is 1. The molecule has 7 heteroatoms. The van der Waals surface area contributed by atoms with Crippen LogP contribution in [0, 0.1) is 6.92 Å². The largest absolute Gasteiger partial charge is 0.455 e. The Bertz CT molecular complexity index is 1550. The van der Waals surface area contributed by atoms with Gasteiger partial charge in [-0.25, -0.2) is 15.0 Å². The Morgan fingerprint density at radius 3 is 2.43 bits per heavy atom. The number of ether oxygens (including phenoxy) is 1. The summed E-state index contributed by atoms with van der Waals surface area (Å²) in [5.41, 5.74) is 4.47. The molecule has 0 bridgehead atoms. The molecule has 0 saturated carbocycles. The van der Waals surface area contributed by atoms with Gasteiger partial charge in [0.05, 0.1) is 11.1 Å².